The van der Waals surface area contributed by atoms with Crippen LogP contribution in [0.4, 0.5) is 0 Å². The molecule has 2 aromatic rings. The molecular formula is C16H21N3. The molecule has 0 unspecified atom stereocenters. The average molecular weight is 255 g/mol. The van der Waals surface area contributed by atoms with Gasteiger partial charge in [-0.25, -0.2) is 0 Å². The van der Waals surface area contributed by atoms with Crippen molar-refractivity contribution in [2.24, 2.45) is 4.99 Å². The topological polar surface area (TPSA) is 30.2 Å². The summed E-state index contributed by atoms with van der Waals surface area (Å²) in [6, 6.07) is 6.34. The lowest BCUT2D eigenvalue weighted by Crippen LogP contribution is -1.98. The maximum absolute atomic E-state index is 4.58. The lowest BCUT2D eigenvalue weighted by molar-refractivity contribution is 0.668. The molecule has 0 aliphatic carbocycles. The summed E-state index contributed by atoms with van der Waals surface area (Å²) in [5, 5.41) is 5.67. The quantitative estimate of drug-likeness (QED) is 0.764. The van der Waals surface area contributed by atoms with E-state index < -0.39 is 0 Å². The second-order valence-corrected chi connectivity index (χ2v) is 4.84. The van der Waals surface area contributed by atoms with E-state index in [9.17, 15) is 0 Å². The number of hydrogen-bond donors (Lipinski definition) is 0. The number of fused-ring (bicyclic) bond motifs is 1. The molecule has 0 fully saturated rings. The van der Waals surface area contributed by atoms with Gasteiger partial charge in [0.15, 0.2) is 0 Å². The summed E-state index contributed by atoms with van der Waals surface area (Å²) < 4.78 is 1.96. The summed E-state index contributed by atoms with van der Waals surface area (Å²) in [4.78, 5) is 4.58. The van der Waals surface area contributed by atoms with E-state index in [-0.39, 0.29) is 0 Å². The van der Waals surface area contributed by atoms with Gasteiger partial charge in [-0.15, -0.1) is 0 Å². The molecule has 1 aromatic heterocycles. The van der Waals surface area contributed by atoms with E-state index in [1.807, 2.05) is 4.68 Å². The zero-order valence-electron chi connectivity index (χ0n) is 12.1. The summed E-state index contributed by atoms with van der Waals surface area (Å²) >= 11 is 0. The Labute approximate surface area is 114 Å². The van der Waals surface area contributed by atoms with E-state index in [1.165, 1.54) is 11.0 Å². The summed E-state index contributed by atoms with van der Waals surface area (Å²) in [7, 11) is 0. The standard InChI is InChI=1S/C16H21N3/c1-5-17-16(9-12(3)4)13-7-8-15-14(10-13)11-19(6-2)18-15/h7-11H,5-6H2,1-4H3. The van der Waals surface area contributed by atoms with Gasteiger partial charge in [0.2, 0.25) is 0 Å². The van der Waals surface area contributed by atoms with Crippen LogP contribution in [0.1, 0.15) is 33.3 Å². The van der Waals surface area contributed by atoms with Gasteiger partial charge in [-0.3, -0.25) is 9.67 Å². The third-order valence-corrected chi connectivity index (χ3v) is 2.93. The predicted molar refractivity (Wildman–Crippen MR) is 81.9 cm³/mol. The zero-order valence-corrected chi connectivity index (χ0v) is 12.1. The van der Waals surface area contributed by atoms with Crippen LogP contribution in [0.5, 0.6) is 0 Å². The Morgan fingerprint density at radius 2 is 2.11 bits per heavy atom. The van der Waals surface area contributed by atoms with Crippen molar-refractivity contribution in [1.82, 2.24) is 9.78 Å². The molecule has 0 aliphatic heterocycles. The van der Waals surface area contributed by atoms with Crippen molar-refractivity contribution in [3.8, 4) is 0 Å². The van der Waals surface area contributed by atoms with Crippen LogP contribution in [0.2, 0.25) is 0 Å². The van der Waals surface area contributed by atoms with Crippen molar-refractivity contribution in [2.45, 2.75) is 34.2 Å². The van der Waals surface area contributed by atoms with E-state index in [4.69, 9.17) is 0 Å². The molecule has 0 saturated carbocycles. The van der Waals surface area contributed by atoms with Crippen LogP contribution in [-0.2, 0) is 6.54 Å². The minimum absolute atomic E-state index is 0.797. The number of aromatic nitrogens is 2. The van der Waals surface area contributed by atoms with Crippen molar-refractivity contribution in [3.05, 3.63) is 41.6 Å². The van der Waals surface area contributed by atoms with E-state index in [0.717, 1.165) is 29.9 Å². The fourth-order valence-corrected chi connectivity index (χ4v) is 2.06. The van der Waals surface area contributed by atoms with E-state index >= 15 is 0 Å². The monoisotopic (exact) mass is 255 g/mol. The molecule has 19 heavy (non-hydrogen) atoms. The van der Waals surface area contributed by atoms with Crippen molar-refractivity contribution in [2.75, 3.05) is 6.54 Å². The normalized spacial score (nSPS) is 11.9. The van der Waals surface area contributed by atoms with Crippen LogP contribution in [0.15, 0.2) is 41.0 Å². The van der Waals surface area contributed by atoms with Gasteiger partial charge < -0.3 is 0 Å². The van der Waals surface area contributed by atoms with Gasteiger partial charge in [-0.2, -0.15) is 5.10 Å². The maximum atomic E-state index is 4.58. The molecule has 1 aromatic carbocycles. The van der Waals surface area contributed by atoms with Crippen LogP contribution < -0.4 is 0 Å². The molecule has 0 aliphatic rings. The second kappa shape index (κ2) is 5.83. The van der Waals surface area contributed by atoms with Gasteiger partial charge in [0, 0.05) is 30.2 Å². The third-order valence-electron chi connectivity index (χ3n) is 2.93. The number of benzene rings is 1. The molecule has 1 heterocycles. The van der Waals surface area contributed by atoms with Crippen molar-refractivity contribution in [3.63, 3.8) is 0 Å². The first-order chi connectivity index (χ1) is 9.13. The zero-order chi connectivity index (χ0) is 13.8. The van der Waals surface area contributed by atoms with Gasteiger partial charge in [-0.05, 0) is 45.9 Å². The molecule has 0 radical (unpaired) electrons. The van der Waals surface area contributed by atoms with Crippen LogP contribution >= 0.6 is 0 Å². The molecule has 0 amide bonds. The molecule has 2 rings (SSSR count). The maximum Gasteiger partial charge on any atom is 0.0923 e. The van der Waals surface area contributed by atoms with Crippen LogP contribution in [0.3, 0.4) is 0 Å². The SMILES string of the molecule is CCN=C(C=C(C)C)c1ccc2nn(CC)cc2c1. The van der Waals surface area contributed by atoms with Crippen LogP contribution in [0.25, 0.3) is 10.9 Å². The molecule has 3 nitrogen and oxygen atoms in total. The molecule has 0 atom stereocenters. The highest BCUT2D eigenvalue weighted by Gasteiger charge is 2.04. The highest BCUT2D eigenvalue weighted by molar-refractivity contribution is 6.10. The number of allylic oxidation sites excluding steroid dienone is 2. The first-order valence-electron chi connectivity index (χ1n) is 6.81. The molecule has 0 bridgehead atoms. The minimum Gasteiger partial charge on any atom is -0.285 e. The van der Waals surface area contributed by atoms with Gasteiger partial charge >= 0.3 is 0 Å². The first kappa shape index (κ1) is 13.5. The lowest BCUT2D eigenvalue weighted by atomic mass is 10.1. The Morgan fingerprint density at radius 1 is 1.32 bits per heavy atom. The lowest BCUT2D eigenvalue weighted by Gasteiger charge is -2.03. The van der Waals surface area contributed by atoms with E-state index in [0.29, 0.717) is 0 Å². The number of hydrogen-bond acceptors (Lipinski definition) is 2. The summed E-state index contributed by atoms with van der Waals surface area (Å²) in [5.74, 6) is 0. The van der Waals surface area contributed by atoms with Gasteiger partial charge in [0.1, 0.15) is 0 Å². The Bertz CT molecular complexity index is 628. The Kier molecular flexibility index (Phi) is 4.15. The van der Waals surface area contributed by atoms with Crippen LogP contribution in [-0.4, -0.2) is 22.0 Å². The molecule has 100 valence electrons. The van der Waals surface area contributed by atoms with Gasteiger partial charge in [0.05, 0.1) is 11.2 Å². The summed E-state index contributed by atoms with van der Waals surface area (Å²) in [6.45, 7) is 10.0. The number of nitrogens with zero attached hydrogens (tertiary/aromatic N) is 3. The van der Waals surface area contributed by atoms with Crippen molar-refractivity contribution < 1.29 is 0 Å². The molecule has 0 spiro atoms. The number of aliphatic imine (C=N–C) groups is 1. The fraction of sp³-hybridized carbons (Fsp3) is 0.375. The van der Waals surface area contributed by atoms with E-state index in [1.54, 1.807) is 0 Å². The molecule has 0 N–H and O–H groups in total. The third kappa shape index (κ3) is 3.11. The Morgan fingerprint density at radius 3 is 2.74 bits per heavy atom. The van der Waals surface area contributed by atoms with Gasteiger partial charge in [-0.1, -0.05) is 11.6 Å². The summed E-state index contributed by atoms with van der Waals surface area (Å²) in [6.07, 6.45) is 4.22. The Balaban J connectivity index is 2.48. The minimum atomic E-state index is 0.797. The largest absolute Gasteiger partial charge is 0.285 e. The van der Waals surface area contributed by atoms with Crippen molar-refractivity contribution >= 4 is 16.6 Å². The smallest absolute Gasteiger partial charge is 0.0923 e. The van der Waals surface area contributed by atoms with Gasteiger partial charge in [0.25, 0.3) is 0 Å². The first-order valence-corrected chi connectivity index (χ1v) is 6.81. The second-order valence-electron chi connectivity index (χ2n) is 4.84. The molecule has 0 saturated heterocycles. The molecular weight excluding hydrogens is 234 g/mol. The summed E-state index contributed by atoms with van der Waals surface area (Å²) in [5.41, 5.74) is 4.51. The fourth-order valence-electron chi connectivity index (χ4n) is 2.06. The predicted octanol–water partition coefficient (Wildman–Crippen LogP) is 3.83. The van der Waals surface area contributed by atoms with E-state index in [2.05, 4.69) is 68.3 Å². The number of rotatable bonds is 4. The van der Waals surface area contributed by atoms with Crippen molar-refractivity contribution in [1.29, 1.82) is 0 Å². The van der Waals surface area contributed by atoms with Crippen LogP contribution in [0, 0.1) is 0 Å². The number of aryl methyl sites for hydroxylation is 1. The average Bonchev–Trinajstić information content (AvgIpc) is 2.79. The Hall–Kier alpha value is -1.90. The highest BCUT2D eigenvalue weighted by Crippen LogP contribution is 2.16. The highest BCUT2D eigenvalue weighted by atomic mass is 15.3. The molecule has 3 heteroatoms.